The number of carbonyl (C=O) groups excluding carboxylic acids is 1. The SMILES string of the molecule is CCc1ccccc1NC(=O)Cn1ncc2c(N3CCN(c4ccccn4)CC3)ncnc21. The predicted molar refractivity (Wildman–Crippen MR) is 128 cm³/mol. The van der Waals surface area contributed by atoms with E-state index >= 15 is 0 Å². The van der Waals surface area contributed by atoms with Crippen LogP contribution in [0.15, 0.2) is 61.2 Å². The average Bonchev–Trinajstić information content (AvgIpc) is 3.28. The lowest BCUT2D eigenvalue weighted by molar-refractivity contribution is -0.116. The van der Waals surface area contributed by atoms with Crippen LogP contribution in [0.25, 0.3) is 11.0 Å². The zero-order valence-corrected chi connectivity index (χ0v) is 18.6. The summed E-state index contributed by atoms with van der Waals surface area (Å²) in [5.74, 6) is 1.71. The monoisotopic (exact) mass is 442 g/mol. The Morgan fingerprint density at radius 3 is 2.55 bits per heavy atom. The first-order valence-electron chi connectivity index (χ1n) is 11.2. The van der Waals surface area contributed by atoms with Crippen LogP contribution in [0.1, 0.15) is 12.5 Å². The van der Waals surface area contributed by atoms with E-state index in [0.717, 1.165) is 60.9 Å². The lowest BCUT2D eigenvalue weighted by Crippen LogP contribution is -2.47. The van der Waals surface area contributed by atoms with Gasteiger partial charge in [0.1, 0.15) is 24.5 Å². The van der Waals surface area contributed by atoms with Crippen LogP contribution < -0.4 is 15.1 Å². The van der Waals surface area contributed by atoms with Crippen LogP contribution in [0, 0.1) is 0 Å². The number of piperazine rings is 1. The maximum atomic E-state index is 12.7. The Hall–Kier alpha value is -4.01. The molecular formula is C24H26N8O. The highest BCUT2D eigenvalue weighted by molar-refractivity contribution is 5.93. The van der Waals surface area contributed by atoms with Gasteiger partial charge in [0, 0.05) is 38.1 Å². The van der Waals surface area contributed by atoms with Crippen molar-refractivity contribution in [3.63, 3.8) is 0 Å². The first-order valence-corrected chi connectivity index (χ1v) is 11.2. The number of aromatic nitrogens is 5. The Kier molecular flexibility index (Phi) is 5.84. The van der Waals surface area contributed by atoms with Crippen molar-refractivity contribution < 1.29 is 4.79 Å². The number of carbonyl (C=O) groups is 1. The number of hydrogen-bond acceptors (Lipinski definition) is 7. The number of amides is 1. The third-order valence-electron chi connectivity index (χ3n) is 5.93. The molecule has 9 heteroatoms. The van der Waals surface area contributed by atoms with Crippen LogP contribution in [-0.4, -0.2) is 56.8 Å². The van der Waals surface area contributed by atoms with Gasteiger partial charge in [0.25, 0.3) is 0 Å². The van der Waals surface area contributed by atoms with Gasteiger partial charge in [-0.1, -0.05) is 31.2 Å². The Morgan fingerprint density at radius 1 is 0.970 bits per heavy atom. The highest BCUT2D eigenvalue weighted by atomic mass is 16.2. The molecule has 1 N–H and O–H groups in total. The van der Waals surface area contributed by atoms with Crippen molar-refractivity contribution in [1.29, 1.82) is 0 Å². The van der Waals surface area contributed by atoms with Crippen LogP contribution >= 0.6 is 0 Å². The van der Waals surface area contributed by atoms with Crippen molar-refractivity contribution in [2.24, 2.45) is 0 Å². The van der Waals surface area contributed by atoms with Crippen molar-refractivity contribution in [2.45, 2.75) is 19.9 Å². The molecule has 3 aromatic heterocycles. The third-order valence-corrected chi connectivity index (χ3v) is 5.93. The number of fused-ring (bicyclic) bond motifs is 1. The summed E-state index contributed by atoms with van der Waals surface area (Å²) in [7, 11) is 0. The second-order valence-electron chi connectivity index (χ2n) is 7.96. The molecule has 1 amide bonds. The van der Waals surface area contributed by atoms with Crippen molar-refractivity contribution in [3.8, 4) is 0 Å². The molecule has 168 valence electrons. The zero-order valence-electron chi connectivity index (χ0n) is 18.6. The molecule has 0 bridgehead atoms. The molecule has 0 aliphatic carbocycles. The summed E-state index contributed by atoms with van der Waals surface area (Å²) in [6.07, 6.45) is 5.97. The minimum absolute atomic E-state index is 0.0887. The van der Waals surface area contributed by atoms with E-state index < -0.39 is 0 Å². The van der Waals surface area contributed by atoms with Gasteiger partial charge in [-0.2, -0.15) is 5.10 Å². The molecule has 1 fully saturated rings. The van der Waals surface area contributed by atoms with Crippen LogP contribution in [0.4, 0.5) is 17.3 Å². The van der Waals surface area contributed by atoms with E-state index in [1.807, 2.05) is 48.7 Å². The third kappa shape index (κ3) is 4.34. The predicted octanol–water partition coefficient (Wildman–Crippen LogP) is 2.75. The van der Waals surface area contributed by atoms with Gasteiger partial charge >= 0.3 is 0 Å². The topological polar surface area (TPSA) is 92.1 Å². The van der Waals surface area contributed by atoms with Gasteiger partial charge in [-0.05, 0) is 30.2 Å². The molecule has 0 unspecified atom stereocenters. The molecule has 1 saturated heterocycles. The van der Waals surface area contributed by atoms with Crippen LogP contribution in [0.5, 0.6) is 0 Å². The number of aryl methyl sites for hydroxylation is 1. The summed E-state index contributed by atoms with van der Waals surface area (Å²) in [5.41, 5.74) is 2.60. The van der Waals surface area contributed by atoms with Gasteiger partial charge < -0.3 is 15.1 Å². The maximum absolute atomic E-state index is 12.7. The highest BCUT2D eigenvalue weighted by Crippen LogP contribution is 2.25. The normalized spacial score (nSPS) is 14.0. The standard InChI is InChI=1S/C24H26N8O/c1-2-18-7-3-4-8-20(18)29-22(33)16-32-24-19(15-28-32)23(26-17-27-24)31-13-11-30(12-14-31)21-9-5-6-10-25-21/h3-10,15,17H,2,11-14,16H2,1H3,(H,29,33). The quantitative estimate of drug-likeness (QED) is 0.491. The van der Waals surface area contributed by atoms with E-state index in [-0.39, 0.29) is 12.5 Å². The smallest absolute Gasteiger partial charge is 0.246 e. The van der Waals surface area contributed by atoms with Crippen molar-refractivity contribution in [1.82, 2.24) is 24.7 Å². The van der Waals surface area contributed by atoms with Crippen molar-refractivity contribution in [2.75, 3.05) is 41.3 Å². The minimum atomic E-state index is -0.134. The number of nitrogens with one attached hydrogen (secondary N) is 1. The molecule has 0 radical (unpaired) electrons. The summed E-state index contributed by atoms with van der Waals surface area (Å²) < 4.78 is 1.63. The molecule has 0 atom stereocenters. The lowest BCUT2D eigenvalue weighted by atomic mass is 10.1. The van der Waals surface area contributed by atoms with Crippen LogP contribution in [0.3, 0.4) is 0 Å². The fraction of sp³-hybridized carbons (Fsp3) is 0.292. The molecule has 1 aliphatic rings. The van der Waals surface area contributed by atoms with Gasteiger partial charge in [-0.3, -0.25) is 4.79 Å². The summed E-state index contributed by atoms with van der Waals surface area (Å²) in [5, 5.41) is 8.29. The average molecular weight is 443 g/mol. The van der Waals surface area contributed by atoms with E-state index in [4.69, 9.17) is 0 Å². The Balaban J connectivity index is 1.30. The molecule has 9 nitrogen and oxygen atoms in total. The van der Waals surface area contributed by atoms with Crippen molar-refractivity contribution >= 4 is 34.3 Å². The zero-order chi connectivity index (χ0) is 22.6. The molecule has 5 rings (SSSR count). The number of nitrogens with zero attached hydrogens (tertiary/aromatic N) is 7. The van der Waals surface area contributed by atoms with Crippen LogP contribution in [0.2, 0.25) is 0 Å². The van der Waals surface area contributed by atoms with Gasteiger partial charge in [-0.25, -0.2) is 19.6 Å². The lowest BCUT2D eigenvalue weighted by Gasteiger charge is -2.36. The molecular weight excluding hydrogens is 416 g/mol. The molecule has 1 aliphatic heterocycles. The molecule has 4 aromatic rings. The summed E-state index contributed by atoms with van der Waals surface area (Å²) >= 11 is 0. The summed E-state index contributed by atoms with van der Waals surface area (Å²) in [4.78, 5) is 30.6. The second kappa shape index (κ2) is 9.23. The van der Waals surface area contributed by atoms with E-state index in [0.29, 0.717) is 5.65 Å². The number of rotatable bonds is 6. The minimum Gasteiger partial charge on any atom is -0.353 e. The number of para-hydroxylation sites is 1. The van der Waals surface area contributed by atoms with E-state index in [1.54, 1.807) is 17.2 Å². The molecule has 4 heterocycles. The fourth-order valence-electron chi connectivity index (χ4n) is 4.21. The summed E-state index contributed by atoms with van der Waals surface area (Å²) in [6.45, 7) is 5.52. The first kappa shape index (κ1) is 20.9. The number of anilines is 3. The highest BCUT2D eigenvalue weighted by Gasteiger charge is 2.22. The van der Waals surface area contributed by atoms with Gasteiger partial charge in [0.15, 0.2) is 5.65 Å². The Morgan fingerprint density at radius 2 is 1.76 bits per heavy atom. The first-order chi connectivity index (χ1) is 16.2. The fourth-order valence-corrected chi connectivity index (χ4v) is 4.21. The molecule has 33 heavy (non-hydrogen) atoms. The number of hydrogen-bond donors (Lipinski definition) is 1. The van der Waals surface area contributed by atoms with E-state index in [1.165, 1.54) is 0 Å². The van der Waals surface area contributed by atoms with E-state index in [9.17, 15) is 4.79 Å². The van der Waals surface area contributed by atoms with E-state index in [2.05, 4.69) is 42.1 Å². The number of benzene rings is 1. The molecule has 0 saturated carbocycles. The van der Waals surface area contributed by atoms with Gasteiger partial charge in [0.2, 0.25) is 5.91 Å². The van der Waals surface area contributed by atoms with Gasteiger partial charge in [0.05, 0.1) is 11.6 Å². The largest absolute Gasteiger partial charge is 0.353 e. The molecule has 0 spiro atoms. The second-order valence-corrected chi connectivity index (χ2v) is 7.96. The maximum Gasteiger partial charge on any atom is 0.246 e. The Labute approximate surface area is 192 Å². The van der Waals surface area contributed by atoms with Gasteiger partial charge in [-0.15, -0.1) is 0 Å². The summed E-state index contributed by atoms with van der Waals surface area (Å²) in [6, 6.07) is 13.8. The Bertz CT molecular complexity index is 1250. The number of pyridine rings is 1. The van der Waals surface area contributed by atoms with Crippen molar-refractivity contribution in [3.05, 3.63) is 66.7 Å². The molecule has 1 aromatic carbocycles. The van der Waals surface area contributed by atoms with Crippen LogP contribution in [-0.2, 0) is 17.8 Å².